The molecule has 0 saturated heterocycles. The first kappa shape index (κ1) is 37.5. The van der Waals surface area contributed by atoms with Gasteiger partial charge in [-0.25, -0.2) is 0 Å². The Morgan fingerprint density at radius 1 is 0.266 bits per heavy atom. The van der Waals surface area contributed by atoms with E-state index >= 15 is 0 Å². The summed E-state index contributed by atoms with van der Waals surface area (Å²) in [5.41, 5.74) is 17.6. The quantitative estimate of drug-likeness (QED) is 0.148. The predicted octanol–water partition coefficient (Wildman–Crippen LogP) is 16.8. The smallest absolute Gasteiger partial charge is 0.0713 e. The summed E-state index contributed by atoms with van der Waals surface area (Å²) in [4.78, 5) is 2.47. The van der Waals surface area contributed by atoms with Gasteiger partial charge in [0.05, 0.1) is 11.1 Å². The molecule has 1 aliphatic carbocycles. The van der Waals surface area contributed by atoms with Crippen LogP contribution in [0.4, 0.5) is 17.1 Å². The zero-order valence-electron chi connectivity index (χ0n) is 35.3. The molecule has 0 saturated carbocycles. The van der Waals surface area contributed by atoms with E-state index in [1.165, 1.54) is 88.3 Å². The van der Waals surface area contributed by atoms with Crippen LogP contribution in [0.1, 0.15) is 22.3 Å². The summed E-state index contributed by atoms with van der Waals surface area (Å²) in [5.74, 6) is 0. The molecular weight excluding hydrogens is 771 g/mol. The van der Waals surface area contributed by atoms with E-state index in [1.54, 1.807) is 0 Å². The van der Waals surface area contributed by atoms with Gasteiger partial charge in [0.15, 0.2) is 0 Å². The maximum absolute atomic E-state index is 2.47. The van der Waals surface area contributed by atoms with Gasteiger partial charge in [0.2, 0.25) is 0 Å². The molecule has 300 valence electrons. The SMILES string of the molecule is c1ccc(-c2ccc(N(c3ccc(C4(c5ccccc5)c5ccccc5-c5ccccc54)cc3)c3cccc(-c4cccc5ccccc45)c3-c3cccc4ccccc34)cc2)cc1. The van der Waals surface area contributed by atoms with E-state index in [1.807, 2.05) is 0 Å². The highest BCUT2D eigenvalue weighted by atomic mass is 15.1. The minimum absolute atomic E-state index is 0.489. The number of benzene rings is 11. The van der Waals surface area contributed by atoms with Crippen molar-refractivity contribution in [1.82, 2.24) is 0 Å². The molecule has 0 amide bonds. The van der Waals surface area contributed by atoms with Crippen LogP contribution in [0.3, 0.4) is 0 Å². The summed E-state index contributed by atoms with van der Waals surface area (Å²) in [6.45, 7) is 0. The largest absolute Gasteiger partial charge is 0.310 e. The van der Waals surface area contributed by atoms with Gasteiger partial charge in [-0.3, -0.25) is 0 Å². The van der Waals surface area contributed by atoms with Gasteiger partial charge >= 0.3 is 0 Å². The standard InChI is InChI=1S/C63H43N/c1-3-18-44(19-4-1)45-36-40-50(41-37-45)64(51-42-38-49(39-43-51)63(48-24-5-2-6-25-48)59-33-13-11-28-55(59)56-29-12-14-34-60(56)63)61-35-17-32-58(54-30-15-22-46-20-7-9-26-52(46)54)62(61)57-31-16-23-47-21-8-10-27-53(47)57/h1-43H. The van der Waals surface area contributed by atoms with E-state index in [0.717, 1.165) is 17.1 Å². The van der Waals surface area contributed by atoms with Crippen LogP contribution in [0.15, 0.2) is 261 Å². The minimum atomic E-state index is -0.489. The van der Waals surface area contributed by atoms with E-state index in [-0.39, 0.29) is 0 Å². The number of hydrogen-bond acceptors (Lipinski definition) is 1. The molecule has 12 rings (SSSR count). The first-order chi connectivity index (χ1) is 31.8. The monoisotopic (exact) mass is 813 g/mol. The fourth-order valence-electron chi connectivity index (χ4n) is 10.6. The lowest BCUT2D eigenvalue weighted by Gasteiger charge is -2.35. The van der Waals surface area contributed by atoms with Gasteiger partial charge in [-0.1, -0.05) is 231 Å². The third kappa shape index (κ3) is 6.01. The van der Waals surface area contributed by atoms with Crippen LogP contribution in [0, 0.1) is 0 Å². The van der Waals surface area contributed by atoms with Gasteiger partial charge in [-0.2, -0.15) is 0 Å². The van der Waals surface area contributed by atoms with E-state index < -0.39 is 5.41 Å². The summed E-state index contributed by atoms with van der Waals surface area (Å²) in [7, 11) is 0. The summed E-state index contributed by atoms with van der Waals surface area (Å²) < 4.78 is 0. The molecule has 0 aromatic heterocycles. The number of nitrogens with zero attached hydrogens (tertiary/aromatic N) is 1. The maximum atomic E-state index is 2.47. The van der Waals surface area contributed by atoms with Crippen molar-refractivity contribution in [2.24, 2.45) is 0 Å². The fourth-order valence-corrected chi connectivity index (χ4v) is 10.6. The van der Waals surface area contributed by atoms with Gasteiger partial charge in [-0.05, 0) is 113 Å². The Kier molecular flexibility index (Phi) is 9.13. The Morgan fingerprint density at radius 2 is 0.688 bits per heavy atom. The van der Waals surface area contributed by atoms with Crippen LogP contribution in [0.5, 0.6) is 0 Å². The van der Waals surface area contributed by atoms with Gasteiger partial charge in [-0.15, -0.1) is 0 Å². The first-order valence-electron chi connectivity index (χ1n) is 22.2. The Balaban J connectivity index is 1.12. The van der Waals surface area contributed by atoms with Crippen LogP contribution >= 0.6 is 0 Å². The van der Waals surface area contributed by atoms with Gasteiger partial charge in [0.25, 0.3) is 0 Å². The van der Waals surface area contributed by atoms with Crippen LogP contribution in [0.25, 0.3) is 66.1 Å². The zero-order chi connectivity index (χ0) is 42.5. The van der Waals surface area contributed by atoms with E-state index in [0.29, 0.717) is 0 Å². The van der Waals surface area contributed by atoms with Gasteiger partial charge in [0, 0.05) is 16.9 Å². The number of anilines is 3. The first-order valence-corrected chi connectivity index (χ1v) is 22.2. The van der Waals surface area contributed by atoms with E-state index in [2.05, 4.69) is 266 Å². The van der Waals surface area contributed by atoms with Crippen molar-refractivity contribution in [2.45, 2.75) is 5.41 Å². The third-order valence-corrected chi connectivity index (χ3v) is 13.4. The van der Waals surface area contributed by atoms with E-state index in [9.17, 15) is 0 Å². The third-order valence-electron chi connectivity index (χ3n) is 13.4. The molecule has 0 atom stereocenters. The molecule has 1 nitrogen and oxygen atoms in total. The number of rotatable bonds is 8. The second-order valence-corrected chi connectivity index (χ2v) is 16.8. The number of hydrogen-bond donors (Lipinski definition) is 0. The molecule has 0 N–H and O–H groups in total. The molecule has 0 unspecified atom stereocenters. The van der Waals surface area contributed by atoms with Crippen molar-refractivity contribution in [3.8, 4) is 44.5 Å². The van der Waals surface area contributed by atoms with E-state index in [4.69, 9.17) is 0 Å². The molecule has 0 bridgehead atoms. The predicted molar refractivity (Wildman–Crippen MR) is 270 cm³/mol. The van der Waals surface area contributed by atoms with Crippen molar-refractivity contribution >= 4 is 38.6 Å². The summed E-state index contributed by atoms with van der Waals surface area (Å²) >= 11 is 0. The van der Waals surface area contributed by atoms with Crippen LogP contribution in [0.2, 0.25) is 0 Å². The van der Waals surface area contributed by atoms with Crippen LogP contribution in [-0.2, 0) is 5.41 Å². The van der Waals surface area contributed by atoms with Crippen molar-refractivity contribution in [2.75, 3.05) is 4.90 Å². The van der Waals surface area contributed by atoms with Gasteiger partial charge < -0.3 is 4.90 Å². The average molecular weight is 814 g/mol. The Morgan fingerprint density at radius 3 is 1.33 bits per heavy atom. The molecule has 0 radical (unpaired) electrons. The molecule has 0 heterocycles. The normalized spacial score (nSPS) is 12.5. The van der Waals surface area contributed by atoms with Crippen molar-refractivity contribution in [3.05, 3.63) is 283 Å². The minimum Gasteiger partial charge on any atom is -0.310 e. The summed E-state index contributed by atoms with van der Waals surface area (Å²) in [6.07, 6.45) is 0. The zero-order valence-corrected chi connectivity index (χ0v) is 35.3. The lowest BCUT2D eigenvalue weighted by molar-refractivity contribution is 0.768. The summed E-state index contributed by atoms with van der Waals surface area (Å²) in [5, 5.41) is 4.89. The highest BCUT2D eigenvalue weighted by Gasteiger charge is 2.45. The van der Waals surface area contributed by atoms with Crippen LogP contribution in [-0.4, -0.2) is 0 Å². The second kappa shape index (κ2) is 15.6. The Labute approximate surface area is 374 Å². The Hall–Kier alpha value is -8.26. The molecule has 1 heteroatoms. The molecule has 0 aliphatic heterocycles. The molecule has 11 aromatic rings. The molecule has 0 spiro atoms. The van der Waals surface area contributed by atoms with Crippen molar-refractivity contribution in [3.63, 3.8) is 0 Å². The summed E-state index contributed by atoms with van der Waals surface area (Å²) in [6, 6.07) is 95.9. The van der Waals surface area contributed by atoms with Crippen molar-refractivity contribution in [1.29, 1.82) is 0 Å². The molecule has 1 aliphatic rings. The second-order valence-electron chi connectivity index (χ2n) is 16.8. The molecule has 64 heavy (non-hydrogen) atoms. The lowest BCUT2D eigenvalue weighted by atomic mass is 9.68. The fraction of sp³-hybridized carbons (Fsp3) is 0.0159. The van der Waals surface area contributed by atoms with Gasteiger partial charge in [0.1, 0.15) is 0 Å². The van der Waals surface area contributed by atoms with Crippen molar-refractivity contribution < 1.29 is 0 Å². The highest BCUT2D eigenvalue weighted by Crippen LogP contribution is 2.56. The molecular formula is C63H43N. The molecule has 11 aromatic carbocycles. The maximum Gasteiger partial charge on any atom is 0.0713 e. The molecule has 0 fully saturated rings. The van der Waals surface area contributed by atoms with Crippen LogP contribution < -0.4 is 4.90 Å². The Bertz CT molecular complexity index is 3420. The lowest BCUT2D eigenvalue weighted by Crippen LogP contribution is -2.28. The average Bonchev–Trinajstić information content (AvgIpc) is 3.68. The number of fused-ring (bicyclic) bond motifs is 5. The highest BCUT2D eigenvalue weighted by molar-refractivity contribution is 6.09. The topological polar surface area (TPSA) is 3.24 Å².